The van der Waals surface area contributed by atoms with Gasteiger partial charge < -0.3 is 28.4 Å². The lowest BCUT2D eigenvalue weighted by atomic mass is 9.56. The van der Waals surface area contributed by atoms with E-state index in [9.17, 15) is 0 Å². The van der Waals surface area contributed by atoms with Crippen LogP contribution in [-0.2, 0) is 25.2 Å². The van der Waals surface area contributed by atoms with Gasteiger partial charge in [-0.25, -0.2) is 0 Å². The molecule has 2 fully saturated rings. The molecular formula is C50H52O6. The van der Waals surface area contributed by atoms with Gasteiger partial charge in [0.25, 0.3) is 0 Å². The van der Waals surface area contributed by atoms with Gasteiger partial charge in [0.05, 0.1) is 39.6 Å². The van der Waals surface area contributed by atoms with Gasteiger partial charge in [-0.1, -0.05) is 98.1 Å². The van der Waals surface area contributed by atoms with Crippen molar-refractivity contribution in [3.8, 4) is 28.4 Å². The Labute approximate surface area is 330 Å². The molecule has 6 heteroatoms. The molecule has 3 aliphatic carbocycles. The van der Waals surface area contributed by atoms with Crippen molar-refractivity contribution in [1.82, 2.24) is 0 Å². The van der Waals surface area contributed by atoms with E-state index in [0.717, 1.165) is 33.8 Å². The summed E-state index contributed by atoms with van der Waals surface area (Å²) in [6, 6.07) is 35.0. The van der Waals surface area contributed by atoms with Crippen LogP contribution >= 0.6 is 0 Å². The van der Waals surface area contributed by atoms with Crippen LogP contribution in [0.25, 0.3) is 28.0 Å². The van der Waals surface area contributed by atoms with E-state index in [0.29, 0.717) is 58.3 Å². The van der Waals surface area contributed by atoms with Crippen LogP contribution in [-0.4, -0.2) is 52.9 Å². The maximum absolute atomic E-state index is 7.68. The number of hydrogen-bond donors (Lipinski definition) is 0. The zero-order valence-electron chi connectivity index (χ0n) is 32.4. The topological polar surface area (TPSA) is 55.4 Å². The molecule has 0 radical (unpaired) electrons. The van der Waals surface area contributed by atoms with Crippen LogP contribution in [0.1, 0.15) is 85.6 Å². The van der Waals surface area contributed by atoms with Crippen molar-refractivity contribution >= 4 is 16.8 Å². The Balaban J connectivity index is 1.09. The van der Waals surface area contributed by atoms with Gasteiger partial charge >= 0.3 is 0 Å². The first-order valence-electron chi connectivity index (χ1n) is 21.0. The number of benzene rings is 5. The summed E-state index contributed by atoms with van der Waals surface area (Å²) >= 11 is 0. The molecule has 288 valence electrons. The van der Waals surface area contributed by atoms with Crippen LogP contribution in [0.2, 0.25) is 0 Å². The van der Waals surface area contributed by atoms with Crippen LogP contribution in [0.3, 0.4) is 0 Å². The van der Waals surface area contributed by atoms with Crippen molar-refractivity contribution in [3.63, 3.8) is 0 Å². The Hall–Kier alpha value is -4.62. The van der Waals surface area contributed by atoms with Crippen LogP contribution < -0.4 is 14.2 Å². The Bertz CT molecular complexity index is 2150. The van der Waals surface area contributed by atoms with Crippen LogP contribution in [0.5, 0.6) is 17.2 Å². The van der Waals surface area contributed by atoms with Crippen molar-refractivity contribution < 1.29 is 28.4 Å². The standard InChI is InChI=1S/C50H52O6/c1-6-21-48(22-7-1)24-26-49(27-25-48)44-11-5-4-10-42(44)45-40-8-2-3-9-41(40)47-43(46(45)49)20-23-50(56-47)36-12-16-38(17-13-36)54-34-32-52-30-28-51-29-31-53-33-35-55-39-18-14-37(50)15-19-39/h2-5,8-20,23H,1,6-7,21-22,24-35H2. The predicted molar refractivity (Wildman–Crippen MR) is 221 cm³/mol. The van der Waals surface area contributed by atoms with Crippen molar-refractivity contribution in [1.29, 1.82) is 0 Å². The molecule has 4 heterocycles. The smallest absolute Gasteiger partial charge is 0.178 e. The van der Waals surface area contributed by atoms with E-state index in [1.165, 1.54) is 91.0 Å². The predicted octanol–water partition coefficient (Wildman–Crippen LogP) is 10.8. The molecule has 0 unspecified atom stereocenters. The third kappa shape index (κ3) is 6.21. The summed E-state index contributed by atoms with van der Waals surface area (Å²) in [4.78, 5) is 0. The highest BCUT2D eigenvalue weighted by Gasteiger charge is 2.52. The Morgan fingerprint density at radius 3 is 1.66 bits per heavy atom. The van der Waals surface area contributed by atoms with E-state index in [2.05, 4.69) is 84.9 Å². The molecule has 0 atom stereocenters. The molecule has 7 aliphatic rings. The fourth-order valence-electron chi connectivity index (χ4n) is 10.7. The van der Waals surface area contributed by atoms with Crippen LogP contribution in [0.4, 0.5) is 0 Å². The van der Waals surface area contributed by atoms with Gasteiger partial charge in [0.2, 0.25) is 0 Å². The normalized spacial score (nSPS) is 21.3. The molecule has 6 nitrogen and oxygen atoms in total. The lowest BCUT2D eigenvalue weighted by molar-refractivity contribution is 0.00498. The highest BCUT2D eigenvalue weighted by atomic mass is 16.6. The third-order valence-corrected chi connectivity index (χ3v) is 13.5. The summed E-state index contributed by atoms with van der Waals surface area (Å²) in [7, 11) is 0. The summed E-state index contributed by atoms with van der Waals surface area (Å²) < 4.78 is 37.0. The van der Waals surface area contributed by atoms with Crippen molar-refractivity contribution in [3.05, 3.63) is 131 Å². The maximum atomic E-state index is 7.68. The van der Waals surface area contributed by atoms with Crippen LogP contribution in [0, 0.1) is 5.41 Å². The van der Waals surface area contributed by atoms with Crippen molar-refractivity contribution in [2.45, 2.75) is 68.8 Å². The van der Waals surface area contributed by atoms with Crippen LogP contribution in [0.15, 0.2) is 103 Å². The fourth-order valence-corrected chi connectivity index (χ4v) is 10.7. The van der Waals surface area contributed by atoms with Crippen molar-refractivity contribution in [2.24, 2.45) is 5.41 Å². The largest absolute Gasteiger partial charge is 0.491 e. The molecule has 4 bridgehead atoms. The second-order valence-electron chi connectivity index (χ2n) is 16.5. The van der Waals surface area contributed by atoms with Crippen molar-refractivity contribution in [2.75, 3.05) is 52.9 Å². The van der Waals surface area contributed by atoms with Gasteiger partial charge in [-0.2, -0.15) is 0 Å². The summed E-state index contributed by atoms with van der Waals surface area (Å²) in [5.74, 6) is 2.55. The minimum Gasteiger partial charge on any atom is -0.491 e. The van der Waals surface area contributed by atoms with Gasteiger partial charge in [0.15, 0.2) is 5.60 Å². The second kappa shape index (κ2) is 15.0. The quantitative estimate of drug-likeness (QED) is 0.157. The first kappa shape index (κ1) is 35.8. The molecule has 12 rings (SSSR count). The minimum atomic E-state index is -0.887. The Kier molecular flexibility index (Phi) is 9.61. The zero-order valence-corrected chi connectivity index (χ0v) is 32.4. The molecule has 5 aromatic rings. The molecule has 0 aromatic heterocycles. The molecule has 4 aliphatic heterocycles. The monoisotopic (exact) mass is 748 g/mol. The summed E-state index contributed by atoms with van der Waals surface area (Å²) in [6.45, 7) is 3.96. The molecule has 56 heavy (non-hydrogen) atoms. The summed E-state index contributed by atoms with van der Waals surface area (Å²) in [6.07, 6.45) is 16.6. The SMILES string of the molecule is C1=CC2(Oc3c1c1c(c4ccccc34)-c3ccccc3C13CCC1(CCCCC1)CC3)c1ccc(cc1)OCCOCCOCCOCCOc1ccc2cc1. The van der Waals surface area contributed by atoms with E-state index in [1.54, 1.807) is 0 Å². The molecule has 2 saturated carbocycles. The first-order chi connectivity index (χ1) is 27.7. The highest BCUT2D eigenvalue weighted by Crippen LogP contribution is 2.65. The molecule has 5 aromatic carbocycles. The van der Waals surface area contributed by atoms with Gasteiger partial charge in [0, 0.05) is 27.5 Å². The average Bonchev–Trinajstić information content (AvgIpc) is 3.54. The lowest BCUT2D eigenvalue weighted by Crippen LogP contribution is -2.39. The van der Waals surface area contributed by atoms with E-state index >= 15 is 0 Å². The Morgan fingerprint density at radius 2 is 1.04 bits per heavy atom. The third-order valence-electron chi connectivity index (χ3n) is 13.5. The summed E-state index contributed by atoms with van der Waals surface area (Å²) in [5, 5.41) is 2.43. The Morgan fingerprint density at radius 1 is 0.482 bits per heavy atom. The van der Waals surface area contributed by atoms with E-state index in [-0.39, 0.29) is 5.41 Å². The summed E-state index contributed by atoms with van der Waals surface area (Å²) in [5.41, 5.74) is 8.69. The number of rotatable bonds is 0. The zero-order chi connectivity index (χ0) is 37.4. The number of fused-ring (bicyclic) bond motifs is 12. The first-order valence-corrected chi connectivity index (χ1v) is 21.0. The van der Waals surface area contributed by atoms with Gasteiger partial charge in [-0.05, 0) is 102 Å². The lowest BCUT2D eigenvalue weighted by Gasteiger charge is -2.48. The molecule has 0 saturated heterocycles. The van der Waals surface area contributed by atoms with E-state index in [1.807, 2.05) is 24.3 Å². The molecular weight excluding hydrogens is 697 g/mol. The fraction of sp³-hybridized carbons (Fsp3) is 0.400. The maximum Gasteiger partial charge on any atom is 0.178 e. The van der Waals surface area contributed by atoms with Gasteiger partial charge in [0.1, 0.15) is 30.5 Å². The van der Waals surface area contributed by atoms with Gasteiger partial charge in [-0.15, -0.1) is 0 Å². The average molecular weight is 749 g/mol. The van der Waals surface area contributed by atoms with E-state index in [4.69, 9.17) is 28.4 Å². The minimum absolute atomic E-state index is 0.0342. The molecule has 0 N–H and O–H groups in total. The molecule has 0 amide bonds. The highest BCUT2D eigenvalue weighted by molar-refractivity contribution is 6.08. The van der Waals surface area contributed by atoms with Gasteiger partial charge in [-0.3, -0.25) is 0 Å². The molecule has 3 spiro atoms. The number of hydrogen-bond acceptors (Lipinski definition) is 6. The second-order valence-corrected chi connectivity index (χ2v) is 16.5. The van der Waals surface area contributed by atoms with E-state index < -0.39 is 5.60 Å². The number of ether oxygens (including phenoxy) is 6.